The first-order valence-corrected chi connectivity index (χ1v) is 4.97. The van der Waals surface area contributed by atoms with Gasteiger partial charge in [-0.15, -0.1) is 0 Å². The second-order valence-corrected chi connectivity index (χ2v) is 3.88. The van der Waals surface area contributed by atoms with Crippen LogP contribution in [-0.2, 0) is 6.54 Å². The molecule has 0 radical (unpaired) electrons. The highest BCUT2D eigenvalue weighted by atomic mass is 15.1. The number of hydrogen-bond acceptors (Lipinski definition) is 1. The lowest BCUT2D eigenvalue weighted by Crippen LogP contribution is -1.99. The van der Waals surface area contributed by atoms with Crippen molar-refractivity contribution < 1.29 is 0 Å². The van der Waals surface area contributed by atoms with Gasteiger partial charge in [-0.3, -0.25) is 0 Å². The predicted octanol–water partition coefficient (Wildman–Crippen LogP) is 2.86. The number of aryl methyl sites for hydroxylation is 1. The molecule has 1 aromatic heterocycles. The Kier molecular flexibility index (Phi) is 2.21. The quantitative estimate of drug-likeness (QED) is 0.594. The van der Waals surface area contributed by atoms with Crippen molar-refractivity contribution in [1.82, 2.24) is 9.55 Å². The van der Waals surface area contributed by atoms with Crippen LogP contribution in [0.4, 0.5) is 0 Å². The van der Waals surface area contributed by atoms with E-state index in [1.54, 1.807) is 0 Å². The van der Waals surface area contributed by atoms with Crippen LogP contribution in [0.1, 0.15) is 38.9 Å². The van der Waals surface area contributed by atoms with E-state index in [2.05, 4.69) is 29.6 Å². The van der Waals surface area contributed by atoms with E-state index in [9.17, 15) is 0 Å². The van der Waals surface area contributed by atoms with Crippen LogP contribution in [0.2, 0.25) is 0 Å². The molecule has 0 aromatic carbocycles. The van der Waals surface area contributed by atoms with Gasteiger partial charge in [0.25, 0.3) is 0 Å². The Morgan fingerprint density at radius 1 is 1.38 bits per heavy atom. The predicted molar refractivity (Wildman–Crippen MR) is 54.3 cm³/mol. The summed E-state index contributed by atoms with van der Waals surface area (Å²) in [5.74, 6) is 1.19. The first-order valence-electron chi connectivity index (χ1n) is 4.97. The van der Waals surface area contributed by atoms with E-state index < -0.39 is 0 Å². The largest absolute Gasteiger partial charge is 0.331 e. The molecule has 2 rings (SSSR count). The van der Waals surface area contributed by atoms with Gasteiger partial charge in [0.15, 0.2) is 0 Å². The van der Waals surface area contributed by atoms with E-state index >= 15 is 0 Å². The maximum atomic E-state index is 4.42. The zero-order valence-electron chi connectivity index (χ0n) is 8.38. The summed E-state index contributed by atoms with van der Waals surface area (Å²) in [5, 5.41) is 0. The maximum absolute atomic E-state index is 4.42. The Balaban J connectivity index is 2.48. The molecular formula is C11H16N2. The first kappa shape index (κ1) is 8.54. The van der Waals surface area contributed by atoms with Gasteiger partial charge in [-0.1, -0.05) is 5.57 Å². The summed E-state index contributed by atoms with van der Waals surface area (Å²) >= 11 is 0. The van der Waals surface area contributed by atoms with E-state index in [0.29, 0.717) is 0 Å². The van der Waals surface area contributed by atoms with Crippen molar-refractivity contribution in [2.24, 2.45) is 0 Å². The van der Waals surface area contributed by atoms with Gasteiger partial charge in [0.2, 0.25) is 0 Å². The summed E-state index contributed by atoms with van der Waals surface area (Å²) in [6.45, 7) is 5.49. The number of hydrogen-bond donors (Lipinski definition) is 0. The molecule has 2 heteroatoms. The fourth-order valence-corrected chi connectivity index (χ4v) is 1.93. The molecule has 0 bridgehead atoms. The van der Waals surface area contributed by atoms with Crippen LogP contribution in [0.3, 0.4) is 0 Å². The Morgan fingerprint density at radius 2 is 2.23 bits per heavy atom. The first-order chi connectivity index (χ1) is 6.29. The van der Waals surface area contributed by atoms with Gasteiger partial charge in [0.1, 0.15) is 5.82 Å². The summed E-state index contributed by atoms with van der Waals surface area (Å²) in [4.78, 5) is 4.42. The van der Waals surface area contributed by atoms with Crippen LogP contribution in [0.25, 0.3) is 5.57 Å². The number of imidazole rings is 1. The van der Waals surface area contributed by atoms with E-state index in [4.69, 9.17) is 0 Å². The van der Waals surface area contributed by atoms with Gasteiger partial charge in [-0.2, -0.15) is 0 Å². The molecular weight excluding hydrogens is 160 g/mol. The van der Waals surface area contributed by atoms with Crippen LogP contribution in [0.15, 0.2) is 18.0 Å². The van der Waals surface area contributed by atoms with Crippen molar-refractivity contribution in [2.45, 2.75) is 39.7 Å². The average molecular weight is 176 g/mol. The molecule has 0 unspecified atom stereocenters. The van der Waals surface area contributed by atoms with Crippen molar-refractivity contribution in [3.63, 3.8) is 0 Å². The third kappa shape index (κ3) is 1.53. The highest BCUT2D eigenvalue weighted by Crippen LogP contribution is 2.26. The molecule has 1 aliphatic rings. The van der Waals surface area contributed by atoms with Crippen molar-refractivity contribution in [3.8, 4) is 0 Å². The lowest BCUT2D eigenvalue weighted by molar-refractivity contribution is 0.636. The number of aromatic nitrogens is 2. The topological polar surface area (TPSA) is 17.8 Å². The molecule has 0 atom stereocenters. The van der Waals surface area contributed by atoms with Crippen LogP contribution in [0.5, 0.6) is 0 Å². The molecule has 13 heavy (non-hydrogen) atoms. The Bertz CT molecular complexity index is 330. The third-order valence-electron chi connectivity index (χ3n) is 2.66. The molecule has 0 saturated carbocycles. The number of nitrogens with zero attached hydrogens (tertiary/aromatic N) is 2. The van der Waals surface area contributed by atoms with Gasteiger partial charge >= 0.3 is 0 Å². The standard InChI is InChI=1S/C11H16N2/c1-9(2)10-5-3-4-7-13-8-6-12-11(10)13/h6,8H,3-5,7H2,1-2H3. The van der Waals surface area contributed by atoms with Gasteiger partial charge in [0.05, 0.1) is 0 Å². The molecule has 1 aliphatic heterocycles. The second-order valence-electron chi connectivity index (χ2n) is 3.88. The number of rotatable bonds is 0. The highest BCUT2D eigenvalue weighted by Gasteiger charge is 2.13. The van der Waals surface area contributed by atoms with Crippen molar-refractivity contribution >= 4 is 5.57 Å². The summed E-state index contributed by atoms with van der Waals surface area (Å²) < 4.78 is 2.27. The molecule has 0 aliphatic carbocycles. The average Bonchev–Trinajstić information content (AvgIpc) is 2.44. The summed E-state index contributed by atoms with van der Waals surface area (Å²) in [6, 6.07) is 0. The third-order valence-corrected chi connectivity index (χ3v) is 2.66. The van der Waals surface area contributed by atoms with Crippen molar-refractivity contribution in [2.75, 3.05) is 0 Å². The van der Waals surface area contributed by atoms with Crippen molar-refractivity contribution in [1.29, 1.82) is 0 Å². The fraction of sp³-hybridized carbons (Fsp3) is 0.545. The van der Waals surface area contributed by atoms with E-state index in [0.717, 1.165) is 6.54 Å². The summed E-state index contributed by atoms with van der Waals surface area (Å²) in [5.41, 5.74) is 2.86. The number of allylic oxidation sites excluding steroid dienone is 2. The van der Waals surface area contributed by atoms with Gasteiger partial charge in [-0.05, 0) is 38.7 Å². The maximum Gasteiger partial charge on any atom is 0.135 e. The van der Waals surface area contributed by atoms with Crippen LogP contribution in [-0.4, -0.2) is 9.55 Å². The van der Waals surface area contributed by atoms with Gasteiger partial charge in [0, 0.05) is 18.9 Å². The second kappa shape index (κ2) is 3.36. The summed E-state index contributed by atoms with van der Waals surface area (Å²) in [7, 11) is 0. The zero-order valence-corrected chi connectivity index (χ0v) is 8.38. The van der Waals surface area contributed by atoms with Crippen LogP contribution < -0.4 is 0 Å². The fourth-order valence-electron chi connectivity index (χ4n) is 1.93. The minimum atomic E-state index is 1.13. The molecule has 2 heterocycles. The minimum absolute atomic E-state index is 1.13. The van der Waals surface area contributed by atoms with Crippen LogP contribution >= 0.6 is 0 Å². The molecule has 0 N–H and O–H groups in total. The monoisotopic (exact) mass is 176 g/mol. The van der Waals surface area contributed by atoms with Gasteiger partial charge in [-0.25, -0.2) is 4.98 Å². The Hall–Kier alpha value is -1.05. The lowest BCUT2D eigenvalue weighted by Gasteiger charge is -2.06. The Morgan fingerprint density at radius 3 is 3.00 bits per heavy atom. The summed E-state index contributed by atoms with van der Waals surface area (Å²) in [6.07, 6.45) is 7.76. The number of fused-ring (bicyclic) bond motifs is 1. The molecule has 0 fully saturated rings. The lowest BCUT2D eigenvalue weighted by atomic mass is 10.1. The highest BCUT2D eigenvalue weighted by molar-refractivity contribution is 5.63. The molecule has 70 valence electrons. The smallest absolute Gasteiger partial charge is 0.135 e. The van der Waals surface area contributed by atoms with E-state index in [1.165, 1.54) is 36.2 Å². The molecule has 0 amide bonds. The zero-order chi connectivity index (χ0) is 9.26. The molecule has 1 aromatic rings. The molecule has 0 spiro atoms. The van der Waals surface area contributed by atoms with Crippen LogP contribution in [0, 0.1) is 0 Å². The Labute approximate surface area is 79.3 Å². The van der Waals surface area contributed by atoms with E-state index in [1.807, 2.05) is 6.20 Å². The minimum Gasteiger partial charge on any atom is -0.331 e. The molecule has 2 nitrogen and oxygen atoms in total. The SMILES string of the molecule is CC(C)=C1CCCCn2ccnc21. The van der Waals surface area contributed by atoms with Gasteiger partial charge < -0.3 is 4.57 Å². The van der Waals surface area contributed by atoms with Crippen molar-refractivity contribution in [3.05, 3.63) is 23.8 Å². The molecule has 0 saturated heterocycles. The van der Waals surface area contributed by atoms with E-state index in [-0.39, 0.29) is 0 Å². The normalized spacial score (nSPS) is 16.6.